The van der Waals surface area contributed by atoms with Crippen LogP contribution in [0, 0.1) is 5.82 Å². The number of thiophene rings is 1. The number of hydrogen-bond donors (Lipinski definition) is 1. The molecule has 1 aromatic carbocycles. The van der Waals surface area contributed by atoms with Crippen molar-refractivity contribution in [2.24, 2.45) is 0 Å². The molecule has 2 aliphatic heterocycles. The Morgan fingerprint density at radius 3 is 2.67 bits per heavy atom. The van der Waals surface area contributed by atoms with Crippen LogP contribution in [0.3, 0.4) is 0 Å². The van der Waals surface area contributed by atoms with Gasteiger partial charge in [0, 0.05) is 43.6 Å². The van der Waals surface area contributed by atoms with E-state index in [0.29, 0.717) is 38.6 Å². The molecular formula is C26H35FN4O4S. The van der Waals surface area contributed by atoms with Crippen LogP contribution in [0.5, 0.6) is 5.75 Å². The number of urea groups is 1. The molecule has 8 nitrogen and oxygen atoms in total. The van der Waals surface area contributed by atoms with Gasteiger partial charge in [0.2, 0.25) is 5.91 Å². The predicted octanol–water partition coefficient (Wildman–Crippen LogP) is 3.14. The largest absolute Gasteiger partial charge is 0.491 e. The number of carbonyl (C=O) groups is 2. The van der Waals surface area contributed by atoms with Crippen LogP contribution >= 0.6 is 11.3 Å². The minimum absolute atomic E-state index is 0.00455. The second-order valence-electron chi connectivity index (χ2n) is 9.40. The lowest BCUT2D eigenvalue weighted by molar-refractivity contribution is -0.135. The summed E-state index contributed by atoms with van der Waals surface area (Å²) in [6, 6.07) is 7.39. The molecule has 10 heteroatoms. The van der Waals surface area contributed by atoms with E-state index in [1.165, 1.54) is 17.0 Å². The molecule has 196 valence electrons. The van der Waals surface area contributed by atoms with Crippen molar-refractivity contribution in [3.8, 4) is 5.75 Å². The van der Waals surface area contributed by atoms with Gasteiger partial charge in [0.15, 0.2) is 0 Å². The molecule has 0 unspecified atom stereocenters. The molecule has 0 saturated carbocycles. The average Bonchev–Trinajstić information content (AvgIpc) is 3.35. The lowest BCUT2D eigenvalue weighted by Gasteiger charge is -2.37. The van der Waals surface area contributed by atoms with E-state index in [4.69, 9.17) is 9.47 Å². The quantitative estimate of drug-likeness (QED) is 0.552. The standard InChI is InChI=1S/C26H35FN4O4S/c1-19(2)28-26(33)30(11-10-29-12-14-34-15-13-29)17-25(32)31-9-7-24-22(8-16-36-24)23(31)18-35-21-5-3-20(27)4-6-21/h3-6,8,16,19,23H,7,9-15,17-18H2,1-2H3,(H,28,33)/t23-/m1/s1. The van der Waals surface area contributed by atoms with Gasteiger partial charge in [0.05, 0.1) is 19.3 Å². The Morgan fingerprint density at radius 1 is 1.19 bits per heavy atom. The fourth-order valence-corrected chi connectivity index (χ4v) is 5.44. The minimum atomic E-state index is -0.325. The van der Waals surface area contributed by atoms with Gasteiger partial charge in [-0.1, -0.05) is 0 Å². The molecule has 1 atom stereocenters. The van der Waals surface area contributed by atoms with E-state index >= 15 is 0 Å². The molecule has 3 heterocycles. The highest BCUT2D eigenvalue weighted by Gasteiger charge is 2.33. The number of amides is 3. The molecule has 1 saturated heterocycles. The Kier molecular flexibility index (Phi) is 9.17. The zero-order valence-electron chi connectivity index (χ0n) is 21.0. The van der Waals surface area contributed by atoms with Crippen LogP contribution in [-0.2, 0) is 16.0 Å². The maximum absolute atomic E-state index is 13.6. The van der Waals surface area contributed by atoms with Gasteiger partial charge in [-0.2, -0.15) is 0 Å². The highest BCUT2D eigenvalue weighted by atomic mass is 32.1. The number of halogens is 1. The van der Waals surface area contributed by atoms with Crippen molar-refractivity contribution in [3.63, 3.8) is 0 Å². The van der Waals surface area contributed by atoms with E-state index in [0.717, 1.165) is 25.1 Å². The van der Waals surface area contributed by atoms with Crippen LogP contribution in [0.15, 0.2) is 35.7 Å². The number of morpholine rings is 1. The fourth-order valence-electron chi connectivity index (χ4n) is 4.51. The van der Waals surface area contributed by atoms with Crippen molar-refractivity contribution < 1.29 is 23.5 Å². The Labute approximate surface area is 216 Å². The SMILES string of the molecule is CC(C)NC(=O)N(CCN1CCOCC1)CC(=O)N1CCc2sccc2[C@H]1COc1ccc(F)cc1. The second-order valence-corrected chi connectivity index (χ2v) is 10.4. The first-order chi connectivity index (χ1) is 17.4. The summed E-state index contributed by atoms with van der Waals surface area (Å²) in [5.41, 5.74) is 1.08. The molecule has 0 spiro atoms. The van der Waals surface area contributed by atoms with E-state index in [9.17, 15) is 14.0 Å². The number of rotatable bonds is 9. The first-order valence-electron chi connectivity index (χ1n) is 12.5. The normalized spacial score (nSPS) is 18.1. The monoisotopic (exact) mass is 518 g/mol. The Balaban J connectivity index is 1.45. The van der Waals surface area contributed by atoms with Gasteiger partial charge in [-0.15, -0.1) is 11.3 Å². The third-order valence-electron chi connectivity index (χ3n) is 6.45. The molecule has 0 radical (unpaired) electrons. The van der Waals surface area contributed by atoms with Crippen molar-refractivity contribution in [3.05, 3.63) is 52.0 Å². The first-order valence-corrected chi connectivity index (χ1v) is 13.4. The number of ether oxygens (including phenoxy) is 2. The van der Waals surface area contributed by atoms with Crippen LogP contribution in [-0.4, -0.2) is 91.8 Å². The third kappa shape index (κ3) is 6.96. The van der Waals surface area contributed by atoms with Crippen molar-refractivity contribution >= 4 is 23.3 Å². The molecule has 0 bridgehead atoms. The molecule has 1 aromatic heterocycles. The molecular weight excluding hydrogens is 483 g/mol. The molecule has 4 rings (SSSR count). The Morgan fingerprint density at radius 2 is 1.94 bits per heavy atom. The van der Waals surface area contributed by atoms with E-state index in [1.54, 1.807) is 28.4 Å². The van der Waals surface area contributed by atoms with Gasteiger partial charge in [-0.05, 0) is 61.5 Å². The fraction of sp³-hybridized carbons (Fsp3) is 0.538. The van der Waals surface area contributed by atoms with Crippen LogP contribution in [0.4, 0.5) is 9.18 Å². The van der Waals surface area contributed by atoms with E-state index in [-0.39, 0.29) is 43.0 Å². The lowest BCUT2D eigenvalue weighted by atomic mass is 10.0. The Hall–Kier alpha value is -2.69. The third-order valence-corrected chi connectivity index (χ3v) is 7.45. The number of nitrogens with one attached hydrogen (secondary N) is 1. The lowest BCUT2D eigenvalue weighted by Crippen LogP contribution is -2.52. The highest BCUT2D eigenvalue weighted by Crippen LogP contribution is 2.34. The summed E-state index contributed by atoms with van der Waals surface area (Å²) in [4.78, 5) is 33.5. The van der Waals surface area contributed by atoms with Gasteiger partial charge >= 0.3 is 6.03 Å². The number of fused-ring (bicyclic) bond motifs is 1. The van der Waals surface area contributed by atoms with Crippen molar-refractivity contribution in [1.29, 1.82) is 0 Å². The van der Waals surface area contributed by atoms with Gasteiger partial charge in [0.25, 0.3) is 0 Å². The summed E-state index contributed by atoms with van der Waals surface area (Å²) >= 11 is 1.68. The predicted molar refractivity (Wildman–Crippen MR) is 137 cm³/mol. The maximum Gasteiger partial charge on any atom is 0.318 e. The van der Waals surface area contributed by atoms with E-state index in [1.807, 2.05) is 30.2 Å². The molecule has 2 aromatic rings. The smallest absolute Gasteiger partial charge is 0.318 e. The van der Waals surface area contributed by atoms with Gasteiger partial charge < -0.3 is 24.6 Å². The van der Waals surface area contributed by atoms with Gasteiger partial charge in [-0.25, -0.2) is 9.18 Å². The first kappa shape index (κ1) is 26.4. The summed E-state index contributed by atoms with van der Waals surface area (Å²) in [7, 11) is 0. The molecule has 2 aliphatic rings. The summed E-state index contributed by atoms with van der Waals surface area (Å²) in [5, 5.41) is 4.97. The second kappa shape index (κ2) is 12.5. The summed E-state index contributed by atoms with van der Waals surface area (Å²) in [6.45, 7) is 8.79. The minimum Gasteiger partial charge on any atom is -0.491 e. The van der Waals surface area contributed by atoms with Gasteiger partial charge in [0.1, 0.15) is 24.7 Å². The summed E-state index contributed by atoms with van der Waals surface area (Å²) < 4.78 is 24.7. The maximum atomic E-state index is 13.6. The highest BCUT2D eigenvalue weighted by molar-refractivity contribution is 7.10. The summed E-state index contributed by atoms with van der Waals surface area (Å²) in [6.07, 6.45) is 0.776. The van der Waals surface area contributed by atoms with Crippen molar-refractivity contribution in [2.75, 3.05) is 59.1 Å². The average molecular weight is 519 g/mol. The molecule has 1 N–H and O–H groups in total. The van der Waals surface area contributed by atoms with Crippen LogP contribution < -0.4 is 10.1 Å². The van der Waals surface area contributed by atoms with E-state index in [2.05, 4.69) is 10.2 Å². The topological polar surface area (TPSA) is 74.4 Å². The van der Waals surface area contributed by atoms with Crippen LogP contribution in [0.2, 0.25) is 0 Å². The molecule has 36 heavy (non-hydrogen) atoms. The number of nitrogens with zero attached hydrogens (tertiary/aromatic N) is 3. The number of benzene rings is 1. The van der Waals surface area contributed by atoms with Crippen molar-refractivity contribution in [2.45, 2.75) is 32.4 Å². The van der Waals surface area contributed by atoms with Crippen LogP contribution in [0.1, 0.15) is 30.3 Å². The molecule has 1 fully saturated rings. The van der Waals surface area contributed by atoms with Crippen LogP contribution in [0.25, 0.3) is 0 Å². The summed E-state index contributed by atoms with van der Waals surface area (Å²) in [5.74, 6) is 0.115. The zero-order valence-corrected chi connectivity index (χ0v) is 21.8. The van der Waals surface area contributed by atoms with Gasteiger partial charge in [-0.3, -0.25) is 9.69 Å². The Bertz CT molecular complexity index is 1010. The zero-order chi connectivity index (χ0) is 25.5. The van der Waals surface area contributed by atoms with Crippen molar-refractivity contribution in [1.82, 2.24) is 20.0 Å². The molecule has 3 amide bonds. The molecule has 0 aliphatic carbocycles. The number of carbonyl (C=O) groups excluding carboxylic acids is 2. The number of hydrogen-bond acceptors (Lipinski definition) is 6. The van der Waals surface area contributed by atoms with E-state index < -0.39 is 0 Å².